The van der Waals surface area contributed by atoms with Crippen LogP contribution in [0.4, 0.5) is 4.39 Å². The van der Waals surface area contributed by atoms with E-state index in [9.17, 15) is 14.0 Å². The summed E-state index contributed by atoms with van der Waals surface area (Å²) in [6, 6.07) is 4.34. The molecule has 21 heavy (non-hydrogen) atoms. The molecule has 0 aliphatic heterocycles. The average molecular weight is 295 g/mol. The second-order valence-corrected chi connectivity index (χ2v) is 4.69. The molecule has 0 aromatic heterocycles. The van der Waals surface area contributed by atoms with Gasteiger partial charge in [0.15, 0.2) is 11.6 Å². The van der Waals surface area contributed by atoms with Gasteiger partial charge in [0.25, 0.3) is 0 Å². The van der Waals surface area contributed by atoms with Crippen LogP contribution in [-0.2, 0) is 9.59 Å². The second kappa shape index (κ2) is 7.42. The number of hydrogen-bond acceptors (Lipinski definition) is 3. The lowest BCUT2D eigenvalue weighted by Gasteiger charge is -2.17. The Morgan fingerprint density at radius 3 is 2.67 bits per heavy atom. The summed E-state index contributed by atoms with van der Waals surface area (Å²) in [5.41, 5.74) is 0.515. The number of carbonyl (C=O) groups excluding carboxylic acids is 1. The van der Waals surface area contributed by atoms with E-state index in [-0.39, 0.29) is 18.2 Å². The van der Waals surface area contributed by atoms with Gasteiger partial charge in [-0.1, -0.05) is 13.0 Å². The molecule has 1 amide bonds. The van der Waals surface area contributed by atoms with Crippen LogP contribution < -0.4 is 4.74 Å². The summed E-state index contributed by atoms with van der Waals surface area (Å²) in [5, 5.41) is 8.79. The Balaban J connectivity index is 2.69. The van der Waals surface area contributed by atoms with Gasteiger partial charge in [-0.05, 0) is 23.8 Å². The van der Waals surface area contributed by atoms with E-state index >= 15 is 0 Å². The molecule has 6 heteroatoms. The minimum Gasteiger partial charge on any atom is -0.494 e. The minimum absolute atomic E-state index is 0.107. The lowest BCUT2D eigenvalue weighted by Crippen LogP contribution is -2.32. The highest BCUT2D eigenvalue weighted by molar-refractivity contribution is 5.91. The largest absolute Gasteiger partial charge is 0.494 e. The van der Waals surface area contributed by atoms with E-state index in [0.29, 0.717) is 5.56 Å². The molecule has 1 aromatic carbocycles. The van der Waals surface area contributed by atoms with Gasteiger partial charge >= 0.3 is 5.97 Å². The van der Waals surface area contributed by atoms with Crippen molar-refractivity contribution in [2.24, 2.45) is 5.92 Å². The first-order valence-corrected chi connectivity index (χ1v) is 6.34. The monoisotopic (exact) mass is 295 g/mol. The summed E-state index contributed by atoms with van der Waals surface area (Å²) in [6.07, 6.45) is 2.74. The van der Waals surface area contributed by atoms with Crippen molar-refractivity contribution in [1.29, 1.82) is 0 Å². The molecule has 0 saturated heterocycles. The lowest BCUT2D eigenvalue weighted by molar-refractivity contribution is -0.142. The van der Waals surface area contributed by atoms with Crippen molar-refractivity contribution in [2.45, 2.75) is 6.92 Å². The molecular formula is C15H18FNO4. The number of nitrogens with zero attached hydrogens (tertiary/aromatic N) is 1. The number of rotatable bonds is 6. The third-order valence-electron chi connectivity index (χ3n) is 2.94. The van der Waals surface area contributed by atoms with Gasteiger partial charge in [-0.3, -0.25) is 9.59 Å². The summed E-state index contributed by atoms with van der Waals surface area (Å²) in [5.74, 6) is -2.34. The van der Waals surface area contributed by atoms with Crippen LogP contribution in [-0.4, -0.2) is 42.6 Å². The van der Waals surface area contributed by atoms with E-state index in [1.807, 2.05) is 0 Å². The van der Waals surface area contributed by atoms with Crippen LogP contribution in [0.1, 0.15) is 12.5 Å². The van der Waals surface area contributed by atoms with E-state index in [2.05, 4.69) is 0 Å². The molecule has 0 spiro atoms. The van der Waals surface area contributed by atoms with Crippen LogP contribution in [0.2, 0.25) is 0 Å². The molecule has 1 atom stereocenters. The Kier molecular flexibility index (Phi) is 5.90. The number of amides is 1. The molecule has 1 rings (SSSR count). The van der Waals surface area contributed by atoms with Gasteiger partial charge in [0, 0.05) is 19.7 Å². The third-order valence-corrected chi connectivity index (χ3v) is 2.94. The molecule has 0 heterocycles. The zero-order valence-electron chi connectivity index (χ0n) is 12.2. The molecule has 0 aliphatic rings. The number of benzene rings is 1. The van der Waals surface area contributed by atoms with E-state index < -0.39 is 17.7 Å². The summed E-state index contributed by atoms with van der Waals surface area (Å²) < 4.78 is 18.3. The minimum atomic E-state index is -0.962. The van der Waals surface area contributed by atoms with Gasteiger partial charge in [-0.2, -0.15) is 0 Å². The maximum atomic E-state index is 13.5. The van der Waals surface area contributed by atoms with Crippen LogP contribution in [0.15, 0.2) is 24.3 Å². The fourth-order valence-corrected chi connectivity index (χ4v) is 1.66. The summed E-state index contributed by atoms with van der Waals surface area (Å²) in [4.78, 5) is 23.8. The van der Waals surface area contributed by atoms with Gasteiger partial charge in [0.05, 0.1) is 13.0 Å². The van der Waals surface area contributed by atoms with E-state index in [4.69, 9.17) is 9.84 Å². The third kappa shape index (κ3) is 4.91. The van der Waals surface area contributed by atoms with Gasteiger partial charge in [-0.25, -0.2) is 4.39 Å². The Bertz CT molecular complexity index is 557. The molecule has 0 bridgehead atoms. The van der Waals surface area contributed by atoms with Crippen molar-refractivity contribution in [3.05, 3.63) is 35.7 Å². The molecule has 1 N–H and O–H groups in total. The Morgan fingerprint density at radius 1 is 1.48 bits per heavy atom. The molecule has 0 radical (unpaired) electrons. The molecule has 5 nitrogen and oxygen atoms in total. The topological polar surface area (TPSA) is 66.8 Å². The van der Waals surface area contributed by atoms with Crippen molar-refractivity contribution < 1.29 is 23.8 Å². The normalized spacial score (nSPS) is 12.2. The predicted octanol–water partition coefficient (Wildman–Crippen LogP) is 2.03. The van der Waals surface area contributed by atoms with Gasteiger partial charge in [0.1, 0.15) is 0 Å². The number of ether oxygens (including phenoxy) is 1. The lowest BCUT2D eigenvalue weighted by atomic mass is 10.1. The maximum absolute atomic E-state index is 13.5. The van der Waals surface area contributed by atoms with E-state index in [0.717, 1.165) is 0 Å². The van der Waals surface area contributed by atoms with Crippen molar-refractivity contribution in [2.75, 3.05) is 20.7 Å². The fraction of sp³-hybridized carbons (Fsp3) is 0.333. The van der Waals surface area contributed by atoms with Crippen LogP contribution in [0.3, 0.4) is 0 Å². The first-order chi connectivity index (χ1) is 9.85. The molecular weight excluding hydrogens is 277 g/mol. The summed E-state index contributed by atoms with van der Waals surface area (Å²) in [6.45, 7) is 1.63. The number of halogens is 1. The number of methoxy groups -OCH3 is 1. The molecule has 1 aromatic rings. The zero-order chi connectivity index (χ0) is 16.0. The number of likely N-dealkylation sites (N-methyl/N-ethyl adjacent to an activating group) is 1. The zero-order valence-corrected chi connectivity index (χ0v) is 12.2. The second-order valence-electron chi connectivity index (χ2n) is 4.69. The van der Waals surface area contributed by atoms with E-state index in [1.54, 1.807) is 6.07 Å². The van der Waals surface area contributed by atoms with Crippen molar-refractivity contribution in [3.8, 4) is 5.75 Å². The number of carboxylic acids is 1. The highest BCUT2D eigenvalue weighted by atomic mass is 19.1. The number of carboxylic acid groups (broad SMARTS) is 1. The average Bonchev–Trinajstić information content (AvgIpc) is 2.44. The summed E-state index contributed by atoms with van der Waals surface area (Å²) >= 11 is 0. The van der Waals surface area contributed by atoms with Crippen LogP contribution in [0.5, 0.6) is 5.75 Å². The van der Waals surface area contributed by atoms with Crippen LogP contribution >= 0.6 is 0 Å². The number of carbonyl (C=O) groups is 2. The SMILES string of the molecule is COc1ccc(C=CC(=O)N(C)CC(C)C(=O)O)cc1F. The van der Waals surface area contributed by atoms with Crippen LogP contribution in [0, 0.1) is 11.7 Å². The standard InChI is InChI=1S/C15H18FNO4/c1-10(15(19)20)9-17(2)14(18)7-5-11-4-6-13(21-3)12(16)8-11/h4-8,10H,9H2,1-3H3,(H,19,20). The first-order valence-electron chi connectivity index (χ1n) is 6.34. The van der Waals surface area contributed by atoms with Gasteiger partial charge in [-0.15, -0.1) is 0 Å². The molecule has 114 valence electrons. The number of aliphatic carboxylic acids is 1. The van der Waals surface area contributed by atoms with E-state index in [1.165, 1.54) is 50.3 Å². The summed E-state index contributed by atoms with van der Waals surface area (Å²) in [7, 11) is 2.89. The van der Waals surface area contributed by atoms with Gasteiger partial charge in [0.2, 0.25) is 5.91 Å². The fourth-order valence-electron chi connectivity index (χ4n) is 1.66. The molecule has 0 saturated carbocycles. The Hall–Kier alpha value is -2.37. The van der Waals surface area contributed by atoms with Crippen LogP contribution in [0.25, 0.3) is 6.08 Å². The maximum Gasteiger partial charge on any atom is 0.308 e. The first kappa shape index (κ1) is 16.7. The Morgan fingerprint density at radius 2 is 2.14 bits per heavy atom. The molecule has 1 unspecified atom stereocenters. The number of hydrogen-bond donors (Lipinski definition) is 1. The smallest absolute Gasteiger partial charge is 0.308 e. The predicted molar refractivity (Wildman–Crippen MR) is 76.4 cm³/mol. The van der Waals surface area contributed by atoms with Crippen molar-refractivity contribution >= 4 is 18.0 Å². The van der Waals surface area contributed by atoms with Crippen molar-refractivity contribution in [3.63, 3.8) is 0 Å². The Labute approximate surface area is 122 Å². The van der Waals surface area contributed by atoms with Gasteiger partial charge < -0.3 is 14.7 Å². The quantitative estimate of drug-likeness (QED) is 0.815. The molecule has 0 aliphatic carbocycles. The van der Waals surface area contributed by atoms with Crippen molar-refractivity contribution in [1.82, 2.24) is 4.90 Å². The highest BCUT2D eigenvalue weighted by Gasteiger charge is 2.15. The molecule has 0 fully saturated rings. The highest BCUT2D eigenvalue weighted by Crippen LogP contribution is 2.18.